The molecule has 0 aliphatic rings. The third kappa shape index (κ3) is 4.01. The van der Waals surface area contributed by atoms with Crippen LogP contribution in [0.4, 0.5) is 17.6 Å². The Morgan fingerprint density at radius 2 is 1.76 bits per heavy atom. The third-order valence-corrected chi connectivity index (χ3v) is 3.17. The van der Waals surface area contributed by atoms with Crippen LogP contribution in [-0.2, 0) is 12.6 Å². The predicted molar refractivity (Wildman–Crippen MR) is 71.1 cm³/mol. The second-order valence-electron chi connectivity index (χ2n) is 4.64. The fraction of sp³-hybridized carbons (Fsp3) is 0.267. The van der Waals surface area contributed by atoms with E-state index in [1.54, 1.807) is 19.2 Å². The van der Waals surface area contributed by atoms with Gasteiger partial charge in [0.25, 0.3) is 0 Å². The fourth-order valence-corrected chi connectivity index (χ4v) is 1.99. The van der Waals surface area contributed by atoms with Crippen LogP contribution in [-0.4, -0.2) is 12.0 Å². The molecular weight excluding hydrogens is 284 g/mol. The van der Waals surface area contributed by atoms with Gasteiger partial charge in [-0.3, -0.25) is 4.98 Å². The summed E-state index contributed by atoms with van der Waals surface area (Å²) >= 11 is 0. The molecule has 1 aromatic carbocycles. The summed E-state index contributed by atoms with van der Waals surface area (Å²) in [5.74, 6) is -0.326. The zero-order chi connectivity index (χ0) is 15.5. The topological polar surface area (TPSA) is 24.9 Å². The molecule has 0 aliphatic heterocycles. The first-order valence-corrected chi connectivity index (χ1v) is 6.35. The maximum absolute atomic E-state index is 12.9. The summed E-state index contributed by atoms with van der Waals surface area (Å²) in [6.45, 7) is 0. The maximum Gasteiger partial charge on any atom is 0.417 e. The second-order valence-corrected chi connectivity index (χ2v) is 4.64. The minimum absolute atomic E-state index is 0.238. The molecule has 0 spiro atoms. The standard InChI is InChI=1S/C15H14F4N2/c1-20-14(8-10-2-5-12(16)6-3-10)13-7-4-11(9-21-13)15(17,18)19/h2-7,9,14,20H,8H2,1H3. The minimum atomic E-state index is -4.39. The monoisotopic (exact) mass is 298 g/mol. The largest absolute Gasteiger partial charge is 0.417 e. The van der Waals surface area contributed by atoms with Crippen LogP contribution in [0.15, 0.2) is 42.6 Å². The van der Waals surface area contributed by atoms with Gasteiger partial charge in [0.15, 0.2) is 0 Å². The Morgan fingerprint density at radius 1 is 1.10 bits per heavy atom. The number of alkyl halides is 3. The Morgan fingerprint density at radius 3 is 2.24 bits per heavy atom. The van der Waals surface area contributed by atoms with Crippen molar-refractivity contribution < 1.29 is 17.6 Å². The Kier molecular flexibility index (Phi) is 4.57. The van der Waals surface area contributed by atoms with Crippen LogP contribution in [0.1, 0.15) is 22.9 Å². The van der Waals surface area contributed by atoms with Crippen molar-refractivity contribution in [3.8, 4) is 0 Å². The van der Waals surface area contributed by atoms with Gasteiger partial charge < -0.3 is 5.32 Å². The average Bonchev–Trinajstić information content (AvgIpc) is 2.46. The Balaban J connectivity index is 2.15. The van der Waals surface area contributed by atoms with Crippen LogP contribution >= 0.6 is 0 Å². The number of nitrogens with zero attached hydrogens (tertiary/aromatic N) is 1. The highest BCUT2D eigenvalue weighted by Gasteiger charge is 2.30. The molecule has 0 aliphatic carbocycles. The fourth-order valence-electron chi connectivity index (χ4n) is 1.99. The summed E-state index contributed by atoms with van der Waals surface area (Å²) < 4.78 is 50.3. The molecule has 1 heterocycles. The molecule has 0 amide bonds. The quantitative estimate of drug-likeness (QED) is 0.870. The SMILES string of the molecule is CNC(Cc1ccc(F)cc1)c1ccc(C(F)(F)F)cn1. The van der Waals surface area contributed by atoms with E-state index in [9.17, 15) is 17.6 Å². The lowest BCUT2D eigenvalue weighted by molar-refractivity contribution is -0.137. The Bertz CT molecular complexity index is 576. The lowest BCUT2D eigenvalue weighted by Crippen LogP contribution is -2.20. The molecule has 1 unspecified atom stereocenters. The predicted octanol–water partition coefficient (Wildman–Crippen LogP) is 3.74. The van der Waals surface area contributed by atoms with E-state index in [2.05, 4.69) is 10.3 Å². The van der Waals surface area contributed by atoms with Crippen molar-refractivity contribution in [2.45, 2.75) is 18.6 Å². The van der Waals surface area contributed by atoms with Crippen LogP contribution in [0.5, 0.6) is 0 Å². The van der Waals surface area contributed by atoms with Gasteiger partial charge in [-0.15, -0.1) is 0 Å². The highest BCUT2D eigenvalue weighted by Crippen LogP contribution is 2.29. The van der Waals surface area contributed by atoms with Crippen molar-refractivity contribution in [3.63, 3.8) is 0 Å². The number of aromatic nitrogens is 1. The number of halogens is 4. The van der Waals surface area contributed by atoms with Gasteiger partial charge in [-0.25, -0.2) is 4.39 Å². The zero-order valence-corrected chi connectivity index (χ0v) is 11.3. The summed E-state index contributed by atoms with van der Waals surface area (Å²) in [5.41, 5.74) is 0.607. The van der Waals surface area contributed by atoms with Crippen molar-refractivity contribution in [2.24, 2.45) is 0 Å². The molecule has 6 heteroatoms. The van der Waals surface area contributed by atoms with Gasteiger partial charge in [-0.2, -0.15) is 13.2 Å². The number of hydrogen-bond acceptors (Lipinski definition) is 2. The van der Waals surface area contributed by atoms with Crippen LogP contribution in [0.2, 0.25) is 0 Å². The van der Waals surface area contributed by atoms with Gasteiger partial charge in [0.2, 0.25) is 0 Å². The first kappa shape index (κ1) is 15.4. The first-order valence-electron chi connectivity index (χ1n) is 6.35. The molecule has 0 fully saturated rings. The molecule has 112 valence electrons. The Hall–Kier alpha value is -1.95. The van der Waals surface area contributed by atoms with Gasteiger partial charge in [0, 0.05) is 6.20 Å². The smallest absolute Gasteiger partial charge is 0.311 e. The van der Waals surface area contributed by atoms with E-state index in [0.29, 0.717) is 12.1 Å². The lowest BCUT2D eigenvalue weighted by Gasteiger charge is -2.16. The zero-order valence-electron chi connectivity index (χ0n) is 11.3. The molecule has 0 bridgehead atoms. The third-order valence-electron chi connectivity index (χ3n) is 3.17. The van der Waals surface area contributed by atoms with E-state index in [4.69, 9.17) is 0 Å². The van der Waals surface area contributed by atoms with Crippen LogP contribution < -0.4 is 5.32 Å². The maximum atomic E-state index is 12.9. The van der Waals surface area contributed by atoms with Gasteiger partial charge >= 0.3 is 6.18 Å². The highest BCUT2D eigenvalue weighted by atomic mass is 19.4. The van der Waals surface area contributed by atoms with Gasteiger partial charge in [-0.1, -0.05) is 12.1 Å². The van der Waals surface area contributed by atoms with Crippen molar-refractivity contribution in [1.29, 1.82) is 0 Å². The molecule has 21 heavy (non-hydrogen) atoms. The molecule has 0 radical (unpaired) electrons. The summed E-state index contributed by atoms with van der Waals surface area (Å²) in [5, 5.41) is 3.00. The summed E-state index contributed by atoms with van der Waals surface area (Å²) in [6.07, 6.45) is -3.06. The van der Waals surface area contributed by atoms with E-state index < -0.39 is 11.7 Å². The number of likely N-dealkylation sites (N-methyl/N-ethyl adjacent to an activating group) is 1. The lowest BCUT2D eigenvalue weighted by atomic mass is 10.0. The van der Waals surface area contributed by atoms with Crippen LogP contribution in [0, 0.1) is 5.82 Å². The van der Waals surface area contributed by atoms with E-state index in [0.717, 1.165) is 17.8 Å². The molecular formula is C15H14F4N2. The summed E-state index contributed by atoms with van der Waals surface area (Å²) in [7, 11) is 1.70. The second kappa shape index (κ2) is 6.22. The van der Waals surface area contributed by atoms with E-state index in [1.165, 1.54) is 18.2 Å². The minimum Gasteiger partial charge on any atom is -0.311 e. The molecule has 1 N–H and O–H groups in total. The number of benzene rings is 1. The van der Waals surface area contributed by atoms with E-state index >= 15 is 0 Å². The van der Waals surface area contributed by atoms with Gasteiger partial charge in [0.05, 0.1) is 17.3 Å². The Labute approximate surface area is 119 Å². The normalized spacial score (nSPS) is 13.2. The average molecular weight is 298 g/mol. The van der Waals surface area contributed by atoms with Gasteiger partial charge in [0.1, 0.15) is 5.82 Å². The first-order chi connectivity index (χ1) is 9.90. The molecule has 0 saturated carbocycles. The molecule has 2 rings (SSSR count). The molecule has 1 atom stereocenters. The molecule has 2 aromatic rings. The molecule has 2 nitrogen and oxygen atoms in total. The van der Waals surface area contributed by atoms with E-state index in [1.807, 2.05) is 0 Å². The van der Waals surface area contributed by atoms with Crippen molar-refractivity contribution in [2.75, 3.05) is 7.05 Å². The number of hydrogen-bond donors (Lipinski definition) is 1. The number of pyridine rings is 1. The summed E-state index contributed by atoms with van der Waals surface area (Å²) in [4.78, 5) is 3.87. The van der Waals surface area contributed by atoms with Gasteiger partial charge in [-0.05, 0) is 43.3 Å². The van der Waals surface area contributed by atoms with E-state index in [-0.39, 0.29) is 11.9 Å². The summed E-state index contributed by atoms with van der Waals surface area (Å²) in [6, 6.07) is 8.11. The van der Waals surface area contributed by atoms with Crippen LogP contribution in [0.25, 0.3) is 0 Å². The number of nitrogens with one attached hydrogen (secondary N) is 1. The molecule has 1 aromatic heterocycles. The highest BCUT2D eigenvalue weighted by molar-refractivity contribution is 5.22. The van der Waals surface area contributed by atoms with Crippen molar-refractivity contribution in [3.05, 3.63) is 65.2 Å². The van der Waals surface area contributed by atoms with Crippen molar-refractivity contribution >= 4 is 0 Å². The van der Waals surface area contributed by atoms with Crippen molar-refractivity contribution in [1.82, 2.24) is 10.3 Å². The number of rotatable bonds is 4. The van der Waals surface area contributed by atoms with Crippen LogP contribution in [0.3, 0.4) is 0 Å². The molecule has 0 saturated heterocycles.